The topological polar surface area (TPSA) is 35.1 Å². The van der Waals surface area contributed by atoms with Gasteiger partial charge in [-0.3, -0.25) is 0 Å². The van der Waals surface area contributed by atoms with Gasteiger partial charge >= 0.3 is 0 Å². The van der Waals surface area contributed by atoms with Crippen molar-refractivity contribution in [3.05, 3.63) is 47.5 Å². The Morgan fingerprint density at radius 2 is 1.48 bits per heavy atom. The summed E-state index contributed by atoms with van der Waals surface area (Å²) in [5, 5.41) is 16.2. The molecule has 0 aliphatic carbocycles. The van der Waals surface area contributed by atoms with Gasteiger partial charge in [-0.1, -0.05) is 71.6 Å². The lowest BCUT2D eigenvalue weighted by atomic mass is 9.79. The fraction of sp³-hybridized carbons (Fsp3) is 0.400. The van der Waals surface area contributed by atoms with Crippen molar-refractivity contribution in [1.82, 2.24) is 0 Å². The smallest absolute Gasteiger partial charge is 0.0310 e. The first kappa shape index (κ1) is 17.6. The summed E-state index contributed by atoms with van der Waals surface area (Å²) < 4.78 is 0. The van der Waals surface area contributed by atoms with E-state index in [4.69, 9.17) is 12.6 Å². The molecule has 0 saturated heterocycles. The van der Waals surface area contributed by atoms with Crippen LogP contribution in [0.15, 0.2) is 41.3 Å². The van der Waals surface area contributed by atoms with Gasteiger partial charge in [0.2, 0.25) is 0 Å². The van der Waals surface area contributed by atoms with E-state index in [1.165, 1.54) is 0 Å². The van der Waals surface area contributed by atoms with E-state index >= 15 is 0 Å². The standard InChI is InChI=1S/C20H27NOS/c1-19(2,3)13-11-14(20(4,5)6)18(22)16(12-13)21-15-9-7-8-10-17(15)23/h7-12,21-23H,1-6H3/p-2. The number of nitrogens with one attached hydrogen (secondary N) is 1. The Morgan fingerprint density at radius 1 is 0.870 bits per heavy atom. The third kappa shape index (κ3) is 3.97. The zero-order valence-corrected chi connectivity index (χ0v) is 15.6. The monoisotopic (exact) mass is 327 g/mol. The van der Waals surface area contributed by atoms with E-state index in [0.717, 1.165) is 16.8 Å². The lowest BCUT2D eigenvalue weighted by molar-refractivity contribution is -0.268. The van der Waals surface area contributed by atoms with Gasteiger partial charge in [-0.15, -0.1) is 0 Å². The minimum Gasteiger partial charge on any atom is -0.871 e. The van der Waals surface area contributed by atoms with Crippen molar-refractivity contribution in [1.29, 1.82) is 0 Å². The highest BCUT2D eigenvalue weighted by molar-refractivity contribution is 7.59. The Morgan fingerprint density at radius 3 is 2.00 bits per heavy atom. The first-order valence-electron chi connectivity index (χ1n) is 7.89. The summed E-state index contributed by atoms with van der Waals surface area (Å²) in [6.07, 6.45) is 0. The molecule has 0 unspecified atom stereocenters. The Hall–Kier alpha value is -1.74. The predicted molar refractivity (Wildman–Crippen MR) is 98.6 cm³/mol. The highest BCUT2D eigenvalue weighted by Gasteiger charge is 2.21. The maximum atomic E-state index is 12.9. The van der Waals surface area contributed by atoms with Crippen LogP contribution in [-0.2, 0) is 23.5 Å². The van der Waals surface area contributed by atoms with E-state index in [1.807, 2.05) is 36.4 Å². The summed E-state index contributed by atoms with van der Waals surface area (Å²) in [5.41, 5.74) is 3.13. The minimum atomic E-state index is -0.206. The molecule has 0 fully saturated rings. The van der Waals surface area contributed by atoms with Crippen molar-refractivity contribution in [3.8, 4) is 5.75 Å². The van der Waals surface area contributed by atoms with Gasteiger partial charge in [-0.2, -0.15) is 4.90 Å². The van der Waals surface area contributed by atoms with E-state index in [1.54, 1.807) is 0 Å². The fourth-order valence-electron chi connectivity index (χ4n) is 2.43. The molecule has 0 bridgehead atoms. The van der Waals surface area contributed by atoms with E-state index in [-0.39, 0.29) is 16.6 Å². The second-order valence-corrected chi connectivity index (χ2v) is 8.46. The number of hydrogen-bond donors (Lipinski definition) is 1. The molecule has 0 atom stereocenters. The summed E-state index contributed by atoms with van der Waals surface area (Å²) >= 11 is 5.34. The number of para-hydroxylation sites is 1. The molecular formula is C20H25NOS-2. The van der Waals surface area contributed by atoms with Crippen LogP contribution in [0.2, 0.25) is 0 Å². The summed E-state index contributed by atoms with van der Waals surface area (Å²) in [6.45, 7) is 12.7. The first-order chi connectivity index (χ1) is 10.5. The molecule has 2 rings (SSSR count). The molecule has 3 heteroatoms. The maximum Gasteiger partial charge on any atom is 0.0310 e. The molecule has 23 heavy (non-hydrogen) atoms. The normalized spacial score (nSPS) is 12.3. The van der Waals surface area contributed by atoms with Gasteiger partial charge in [0.25, 0.3) is 0 Å². The molecule has 0 amide bonds. The minimum absolute atomic E-state index is 0.0301. The van der Waals surface area contributed by atoms with Crippen molar-refractivity contribution >= 4 is 24.0 Å². The lowest BCUT2D eigenvalue weighted by Crippen LogP contribution is -2.19. The molecule has 2 nitrogen and oxygen atoms in total. The molecule has 2 aromatic carbocycles. The molecule has 0 aromatic heterocycles. The fourth-order valence-corrected chi connectivity index (χ4v) is 2.62. The van der Waals surface area contributed by atoms with Gasteiger partial charge in [0, 0.05) is 11.4 Å². The summed E-state index contributed by atoms with van der Waals surface area (Å²) in [7, 11) is 0. The SMILES string of the molecule is CC(C)(C)c1cc(Nc2ccccc2[S-])c([O-])c(C(C)(C)C)c1. The Labute approximate surface area is 145 Å². The molecule has 0 spiro atoms. The van der Waals surface area contributed by atoms with Crippen molar-refractivity contribution < 1.29 is 5.11 Å². The molecule has 0 aliphatic rings. The van der Waals surface area contributed by atoms with E-state index < -0.39 is 0 Å². The largest absolute Gasteiger partial charge is 0.871 e. The summed E-state index contributed by atoms with van der Waals surface area (Å²) in [5.74, 6) is 0.0451. The molecule has 0 radical (unpaired) electrons. The van der Waals surface area contributed by atoms with Crippen molar-refractivity contribution in [2.45, 2.75) is 57.3 Å². The number of anilines is 2. The van der Waals surface area contributed by atoms with Gasteiger partial charge in [0.05, 0.1) is 0 Å². The third-order valence-corrected chi connectivity index (χ3v) is 4.28. The van der Waals surface area contributed by atoms with Gasteiger partial charge in [0.15, 0.2) is 0 Å². The van der Waals surface area contributed by atoms with Crippen LogP contribution in [0.5, 0.6) is 5.75 Å². The molecule has 0 aliphatic heterocycles. The van der Waals surface area contributed by atoms with Crippen LogP contribution in [0.4, 0.5) is 11.4 Å². The van der Waals surface area contributed by atoms with Gasteiger partial charge < -0.3 is 23.1 Å². The Bertz CT molecular complexity index is 709. The van der Waals surface area contributed by atoms with Crippen LogP contribution in [-0.4, -0.2) is 0 Å². The number of hydrogen-bond acceptors (Lipinski definition) is 3. The van der Waals surface area contributed by atoms with Crippen molar-refractivity contribution in [2.75, 3.05) is 5.32 Å². The van der Waals surface area contributed by atoms with E-state index in [9.17, 15) is 5.11 Å². The lowest BCUT2D eigenvalue weighted by Gasteiger charge is -2.32. The zero-order chi connectivity index (χ0) is 17.4. The average Bonchev–Trinajstić information content (AvgIpc) is 2.40. The van der Waals surface area contributed by atoms with Crippen LogP contribution < -0.4 is 10.4 Å². The number of rotatable bonds is 2. The van der Waals surface area contributed by atoms with E-state index in [0.29, 0.717) is 10.6 Å². The van der Waals surface area contributed by atoms with Crippen LogP contribution in [0.1, 0.15) is 52.7 Å². The highest BCUT2D eigenvalue weighted by atomic mass is 32.1. The molecule has 0 saturated carbocycles. The quantitative estimate of drug-likeness (QED) is 0.788. The van der Waals surface area contributed by atoms with Crippen LogP contribution in [0, 0.1) is 0 Å². The van der Waals surface area contributed by atoms with Gasteiger partial charge in [-0.25, -0.2) is 0 Å². The predicted octanol–water partition coefficient (Wildman–Crippen LogP) is 5.00. The highest BCUT2D eigenvalue weighted by Crippen LogP contribution is 2.40. The first-order valence-corrected chi connectivity index (χ1v) is 8.30. The van der Waals surface area contributed by atoms with Crippen molar-refractivity contribution in [2.24, 2.45) is 0 Å². The van der Waals surface area contributed by atoms with Crippen LogP contribution in [0.25, 0.3) is 0 Å². The molecule has 2 aromatic rings. The summed E-state index contributed by atoms with van der Waals surface area (Å²) in [4.78, 5) is 0.713. The molecule has 0 heterocycles. The van der Waals surface area contributed by atoms with Crippen molar-refractivity contribution in [3.63, 3.8) is 0 Å². The van der Waals surface area contributed by atoms with Gasteiger partial charge in [0.1, 0.15) is 0 Å². The Kier molecular flexibility index (Phi) is 4.63. The third-order valence-electron chi connectivity index (χ3n) is 3.92. The molecular weight excluding hydrogens is 302 g/mol. The maximum absolute atomic E-state index is 12.9. The number of benzene rings is 2. The summed E-state index contributed by atoms with van der Waals surface area (Å²) in [6, 6.07) is 11.6. The van der Waals surface area contributed by atoms with E-state index in [2.05, 4.69) is 46.9 Å². The second kappa shape index (κ2) is 6.04. The van der Waals surface area contributed by atoms with Crippen LogP contribution >= 0.6 is 0 Å². The zero-order valence-electron chi connectivity index (χ0n) is 14.8. The molecule has 1 N–H and O–H groups in total. The second-order valence-electron chi connectivity index (χ2n) is 8.02. The average molecular weight is 327 g/mol. The molecule has 124 valence electrons. The van der Waals surface area contributed by atoms with Crippen LogP contribution in [0.3, 0.4) is 0 Å². The van der Waals surface area contributed by atoms with Gasteiger partial charge in [-0.05, 0) is 34.1 Å². The Balaban J connectivity index is 2.60.